The molecule has 0 saturated heterocycles. The van der Waals surface area contributed by atoms with Gasteiger partial charge in [-0.05, 0) is 31.2 Å². The van der Waals surface area contributed by atoms with Gasteiger partial charge >= 0.3 is 5.97 Å². The number of methoxy groups -OCH3 is 1. The third-order valence-corrected chi connectivity index (χ3v) is 3.29. The van der Waals surface area contributed by atoms with E-state index in [4.69, 9.17) is 20.0 Å². The molecule has 0 saturated carbocycles. The van der Waals surface area contributed by atoms with Gasteiger partial charge in [0.2, 0.25) is 0 Å². The fourth-order valence-electron chi connectivity index (χ4n) is 1.91. The van der Waals surface area contributed by atoms with Crippen molar-refractivity contribution in [2.75, 3.05) is 7.11 Å². The lowest BCUT2D eigenvalue weighted by molar-refractivity contribution is -0.384. The number of rotatable bonds is 7. The van der Waals surface area contributed by atoms with Crippen molar-refractivity contribution < 1.29 is 24.0 Å². The van der Waals surface area contributed by atoms with Crippen LogP contribution in [0.5, 0.6) is 11.5 Å². The van der Waals surface area contributed by atoms with E-state index in [0.29, 0.717) is 11.5 Å². The zero-order chi connectivity index (χ0) is 19.1. The fourth-order valence-corrected chi connectivity index (χ4v) is 1.91. The van der Waals surface area contributed by atoms with E-state index in [1.807, 2.05) is 0 Å². The number of hydrogen-bond acceptors (Lipinski definition) is 7. The molecular weight excluding hydrogens is 342 g/mol. The van der Waals surface area contributed by atoms with Gasteiger partial charge < -0.3 is 20.0 Å². The Balaban J connectivity index is 1.98. The highest BCUT2D eigenvalue weighted by molar-refractivity contribution is 5.98. The Bertz CT molecular complexity index is 820. The molecule has 0 aliphatic rings. The number of nitro benzene ring substituents is 1. The Morgan fingerprint density at radius 2 is 1.85 bits per heavy atom. The normalized spacial score (nSPS) is 12.2. The summed E-state index contributed by atoms with van der Waals surface area (Å²) in [5.74, 6) is 0.167. The number of benzene rings is 2. The van der Waals surface area contributed by atoms with Crippen LogP contribution in [-0.2, 0) is 9.63 Å². The molecule has 0 unspecified atom stereocenters. The molecule has 2 aromatic rings. The highest BCUT2D eigenvalue weighted by Gasteiger charge is 2.17. The monoisotopic (exact) mass is 359 g/mol. The lowest BCUT2D eigenvalue weighted by atomic mass is 10.2. The van der Waals surface area contributed by atoms with Crippen LogP contribution in [0.15, 0.2) is 53.7 Å². The number of oxime groups is 1. The van der Waals surface area contributed by atoms with Gasteiger partial charge in [-0.15, -0.1) is 0 Å². The number of nitrogens with two attached hydrogens (primary N) is 1. The topological polar surface area (TPSA) is 126 Å². The first-order valence-electron chi connectivity index (χ1n) is 7.50. The molecule has 0 aliphatic carbocycles. The molecular formula is C17H17N3O6. The zero-order valence-electron chi connectivity index (χ0n) is 14.1. The number of hydrogen-bond donors (Lipinski definition) is 1. The number of nitro groups is 1. The average Bonchev–Trinajstić information content (AvgIpc) is 2.66. The van der Waals surface area contributed by atoms with Gasteiger partial charge in [-0.3, -0.25) is 10.1 Å². The predicted molar refractivity (Wildman–Crippen MR) is 93.0 cm³/mol. The van der Waals surface area contributed by atoms with Gasteiger partial charge in [0, 0.05) is 17.7 Å². The van der Waals surface area contributed by atoms with Gasteiger partial charge in [-0.2, -0.15) is 0 Å². The lowest BCUT2D eigenvalue weighted by Gasteiger charge is -2.12. The fraction of sp³-hybridized carbons (Fsp3) is 0.176. The summed E-state index contributed by atoms with van der Waals surface area (Å²) in [4.78, 5) is 26.9. The summed E-state index contributed by atoms with van der Waals surface area (Å²) >= 11 is 0. The molecule has 0 heterocycles. The van der Waals surface area contributed by atoms with Crippen LogP contribution in [0, 0.1) is 10.1 Å². The molecule has 0 fully saturated rings. The second-order valence-electron chi connectivity index (χ2n) is 5.13. The number of ether oxygens (including phenoxy) is 2. The summed E-state index contributed by atoms with van der Waals surface area (Å²) in [5, 5.41) is 14.3. The summed E-state index contributed by atoms with van der Waals surface area (Å²) in [7, 11) is 1.54. The number of amidine groups is 1. The maximum absolute atomic E-state index is 11.9. The summed E-state index contributed by atoms with van der Waals surface area (Å²) in [6.45, 7) is 1.49. The minimum Gasteiger partial charge on any atom is -0.497 e. The van der Waals surface area contributed by atoms with E-state index in [9.17, 15) is 14.9 Å². The van der Waals surface area contributed by atoms with E-state index >= 15 is 0 Å². The Kier molecular flexibility index (Phi) is 6.10. The van der Waals surface area contributed by atoms with Crippen molar-refractivity contribution in [1.82, 2.24) is 0 Å². The molecule has 0 aliphatic heterocycles. The molecule has 0 radical (unpaired) electrons. The van der Waals surface area contributed by atoms with E-state index in [2.05, 4.69) is 5.16 Å². The van der Waals surface area contributed by atoms with E-state index < -0.39 is 17.0 Å². The second kappa shape index (κ2) is 8.47. The molecule has 9 nitrogen and oxygen atoms in total. The molecule has 26 heavy (non-hydrogen) atoms. The largest absolute Gasteiger partial charge is 0.497 e. The minimum atomic E-state index is -0.940. The summed E-state index contributed by atoms with van der Waals surface area (Å²) in [6, 6.07) is 12.2. The maximum atomic E-state index is 11.9. The predicted octanol–water partition coefficient (Wildman–Crippen LogP) is 2.23. The third kappa shape index (κ3) is 4.94. The van der Waals surface area contributed by atoms with Crippen LogP contribution in [0.2, 0.25) is 0 Å². The van der Waals surface area contributed by atoms with Crippen molar-refractivity contribution in [2.45, 2.75) is 13.0 Å². The van der Waals surface area contributed by atoms with E-state index in [0.717, 1.165) is 0 Å². The minimum absolute atomic E-state index is 0.150. The van der Waals surface area contributed by atoms with Crippen LogP contribution < -0.4 is 15.2 Å². The van der Waals surface area contributed by atoms with Crippen LogP contribution in [-0.4, -0.2) is 29.9 Å². The van der Waals surface area contributed by atoms with Crippen molar-refractivity contribution >= 4 is 17.5 Å². The summed E-state index contributed by atoms with van der Waals surface area (Å²) in [5.41, 5.74) is 5.80. The van der Waals surface area contributed by atoms with Gasteiger partial charge in [0.1, 0.15) is 11.5 Å². The number of carbonyl (C=O) groups is 1. The molecule has 9 heteroatoms. The van der Waals surface area contributed by atoms with Crippen LogP contribution in [0.3, 0.4) is 0 Å². The van der Waals surface area contributed by atoms with Crippen molar-refractivity contribution in [3.8, 4) is 11.5 Å². The molecule has 136 valence electrons. The van der Waals surface area contributed by atoms with Crippen molar-refractivity contribution in [3.63, 3.8) is 0 Å². The van der Waals surface area contributed by atoms with Crippen LogP contribution >= 0.6 is 0 Å². The lowest BCUT2D eigenvalue weighted by Crippen LogP contribution is -2.26. The SMILES string of the molecule is COc1ccc(O[C@H](C)C(=O)O/N=C(/N)c2cccc([N+](=O)[O-])c2)cc1. The number of carbonyl (C=O) groups excluding carboxylic acids is 1. The van der Waals surface area contributed by atoms with Gasteiger partial charge in [0.15, 0.2) is 11.9 Å². The van der Waals surface area contributed by atoms with Gasteiger partial charge in [0.05, 0.1) is 12.0 Å². The van der Waals surface area contributed by atoms with Crippen molar-refractivity contribution in [2.24, 2.45) is 10.9 Å². The van der Waals surface area contributed by atoms with Crippen molar-refractivity contribution in [1.29, 1.82) is 0 Å². The zero-order valence-corrected chi connectivity index (χ0v) is 14.1. The van der Waals surface area contributed by atoms with E-state index in [1.165, 1.54) is 31.2 Å². The first kappa shape index (κ1) is 18.7. The highest BCUT2D eigenvalue weighted by atomic mass is 16.7. The molecule has 1 atom stereocenters. The third-order valence-electron chi connectivity index (χ3n) is 3.29. The first-order valence-corrected chi connectivity index (χ1v) is 7.50. The van der Waals surface area contributed by atoms with E-state index in [1.54, 1.807) is 31.4 Å². The molecule has 2 aromatic carbocycles. The molecule has 0 bridgehead atoms. The Hall–Kier alpha value is -3.62. The standard InChI is InChI=1S/C17H17N3O6/c1-11(25-15-8-6-14(24-2)7-9-15)17(21)26-19-16(18)12-4-3-5-13(10-12)20(22)23/h3-11H,1-2H3,(H2,18,19)/t11-/m1/s1. The Morgan fingerprint density at radius 1 is 1.19 bits per heavy atom. The highest BCUT2D eigenvalue weighted by Crippen LogP contribution is 2.18. The maximum Gasteiger partial charge on any atom is 0.374 e. The van der Waals surface area contributed by atoms with Crippen LogP contribution in [0.1, 0.15) is 12.5 Å². The Morgan fingerprint density at radius 3 is 2.46 bits per heavy atom. The molecule has 2 N–H and O–H groups in total. The quantitative estimate of drug-likeness (QED) is 0.264. The molecule has 0 aromatic heterocycles. The number of non-ortho nitro benzene ring substituents is 1. The Labute approximate surface area is 149 Å². The van der Waals surface area contributed by atoms with E-state index in [-0.39, 0.29) is 17.1 Å². The smallest absolute Gasteiger partial charge is 0.374 e. The van der Waals surface area contributed by atoms with Crippen LogP contribution in [0.4, 0.5) is 5.69 Å². The van der Waals surface area contributed by atoms with Gasteiger partial charge in [0.25, 0.3) is 5.69 Å². The van der Waals surface area contributed by atoms with Crippen LogP contribution in [0.25, 0.3) is 0 Å². The molecule has 0 amide bonds. The van der Waals surface area contributed by atoms with Crippen molar-refractivity contribution in [3.05, 3.63) is 64.2 Å². The first-order chi connectivity index (χ1) is 12.4. The molecule has 2 rings (SSSR count). The summed E-state index contributed by atoms with van der Waals surface area (Å²) in [6.07, 6.45) is -0.940. The second-order valence-corrected chi connectivity index (χ2v) is 5.13. The van der Waals surface area contributed by atoms with Gasteiger partial charge in [-0.1, -0.05) is 17.3 Å². The summed E-state index contributed by atoms with van der Waals surface area (Å²) < 4.78 is 10.5. The number of nitrogens with zero attached hydrogens (tertiary/aromatic N) is 2. The average molecular weight is 359 g/mol. The van der Waals surface area contributed by atoms with Gasteiger partial charge in [-0.25, -0.2) is 4.79 Å². The molecule has 0 spiro atoms.